The van der Waals surface area contributed by atoms with Gasteiger partial charge in [-0.15, -0.1) is 0 Å². The number of nitrogens with zero attached hydrogens (tertiary/aromatic N) is 3. The zero-order chi connectivity index (χ0) is 25.5. The Hall–Kier alpha value is -3.87. The molecule has 4 aromatic rings. The number of sulfonamides is 1. The first-order valence-corrected chi connectivity index (χ1v) is 12.3. The molecule has 0 spiro atoms. The standard InChI is InChI=1S/C23H22F2N4O6S/c1-32-17-10-15(34-16-11-23(24,25)12-16)4-5-20(17)36(30,31)28-22-21-18(33-2)8-14(9-19(21)35-27-22)13-29-7-3-6-26-29/h3-10,16H,11-13H2,1-2H3,(H,27,28). The third-order valence-corrected chi connectivity index (χ3v) is 7.11. The van der Waals surface area contributed by atoms with E-state index in [9.17, 15) is 17.2 Å². The van der Waals surface area contributed by atoms with E-state index < -0.39 is 22.0 Å². The highest BCUT2D eigenvalue weighted by molar-refractivity contribution is 7.92. The molecule has 0 amide bonds. The fraction of sp³-hybridized carbons (Fsp3) is 0.304. The summed E-state index contributed by atoms with van der Waals surface area (Å²) in [5.74, 6) is -2.23. The molecule has 0 aliphatic heterocycles. The summed E-state index contributed by atoms with van der Waals surface area (Å²) >= 11 is 0. The smallest absolute Gasteiger partial charge is 0.266 e. The molecule has 1 fully saturated rings. The highest BCUT2D eigenvalue weighted by Gasteiger charge is 2.47. The molecule has 36 heavy (non-hydrogen) atoms. The average Bonchev–Trinajstić information content (AvgIpc) is 3.47. The van der Waals surface area contributed by atoms with Gasteiger partial charge in [-0.25, -0.2) is 17.2 Å². The maximum atomic E-state index is 13.2. The van der Waals surface area contributed by atoms with E-state index in [-0.39, 0.29) is 35.1 Å². The minimum absolute atomic E-state index is 0.0210. The average molecular weight is 521 g/mol. The molecule has 0 atom stereocenters. The van der Waals surface area contributed by atoms with Crippen molar-refractivity contribution in [1.82, 2.24) is 14.9 Å². The molecule has 1 saturated carbocycles. The van der Waals surface area contributed by atoms with Crippen molar-refractivity contribution in [3.63, 3.8) is 0 Å². The summed E-state index contributed by atoms with van der Waals surface area (Å²) in [6, 6.07) is 9.27. The van der Waals surface area contributed by atoms with Crippen LogP contribution >= 0.6 is 0 Å². The normalized spacial score (nSPS) is 15.4. The van der Waals surface area contributed by atoms with Gasteiger partial charge in [0.1, 0.15) is 33.6 Å². The lowest BCUT2D eigenvalue weighted by atomic mass is 9.91. The molecule has 1 aliphatic carbocycles. The van der Waals surface area contributed by atoms with Crippen LogP contribution in [0.15, 0.2) is 58.2 Å². The largest absolute Gasteiger partial charge is 0.496 e. The minimum Gasteiger partial charge on any atom is -0.496 e. The van der Waals surface area contributed by atoms with Crippen molar-refractivity contribution in [3.8, 4) is 17.2 Å². The number of hydrogen-bond acceptors (Lipinski definition) is 8. The summed E-state index contributed by atoms with van der Waals surface area (Å²) in [6.45, 7) is 0.450. The Balaban J connectivity index is 1.41. The summed E-state index contributed by atoms with van der Waals surface area (Å²) in [4.78, 5) is -0.193. The van der Waals surface area contributed by atoms with E-state index in [4.69, 9.17) is 18.7 Å². The molecule has 0 unspecified atom stereocenters. The molecule has 2 heterocycles. The van der Waals surface area contributed by atoms with Crippen molar-refractivity contribution in [1.29, 1.82) is 0 Å². The Morgan fingerprint density at radius 2 is 1.94 bits per heavy atom. The first kappa shape index (κ1) is 23.9. The highest BCUT2D eigenvalue weighted by atomic mass is 32.2. The number of hydrogen-bond donors (Lipinski definition) is 1. The topological polar surface area (TPSA) is 118 Å². The summed E-state index contributed by atoms with van der Waals surface area (Å²) < 4.78 is 78.4. The van der Waals surface area contributed by atoms with E-state index in [0.717, 1.165) is 5.56 Å². The van der Waals surface area contributed by atoms with Crippen LogP contribution in [0.25, 0.3) is 11.0 Å². The third-order valence-electron chi connectivity index (χ3n) is 5.73. The number of anilines is 1. The van der Waals surface area contributed by atoms with E-state index in [0.29, 0.717) is 23.3 Å². The number of methoxy groups -OCH3 is 2. The van der Waals surface area contributed by atoms with Gasteiger partial charge in [0, 0.05) is 31.3 Å². The highest BCUT2D eigenvalue weighted by Crippen LogP contribution is 2.41. The lowest BCUT2D eigenvalue weighted by molar-refractivity contribution is -0.134. The Bertz CT molecular complexity index is 1500. The summed E-state index contributed by atoms with van der Waals surface area (Å²) in [7, 11) is -1.44. The molecule has 10 nitrogen and oxygen atoms in total. The Labute approximate surface area is 204 Å². The zero-order valence-corrected chi connectivity index (χ0v) is 20.1. The van der Waals surface area contributed by atoms with E-state index in [2.05, 4.69) is 15.0 Å². The molecule has 13 heteroatoms. The first-order valence-electron chi connectivity index (χ1n) is 10.9. The number of rotatable bonds is 9. The van der Waals surface area contributed by atoms with Crippen LogP contribution in [-0.4, -0.2) is 49.6 Å². The van der Waals surface area contributed by atoms with Crippen molar-refractivity contribution >= 4 is 26.8 Å². The van der Waals surface area contributed by atoms with Gasteiger partial charge < -0.3 is 18.7 Å². The van der Waals surface area contributed by atoms with Crippen LogP contribution < -0.4 is 18.9 Å². The van der Waals surface area contributed by atoms with Crippen molar-refractivity contribution in [2.24, 2.45) is 0 Å². The van der Waals surface area contributed by atoms with Crippen LogP contribution in [0.4, 0.5) is 14.6 Å². The number of aromatic nitrogens is 3. The van der Waals surface area contributed by atoms with Crippen LogP contribution in [0, 0.1) is 0 Å². The number of benzene rings is 2. The molecule has 1 aliphatic rings. The molecule has 0 bridgehead atoms. The Kier molecular flexibility index (Phi) is 5.94. The van der Waals surface area contributed by atoms with Gasteiger partial charge in [-0.2, -0.15) is 5.10 Å². The molecular formula is C23H22F2N4O6S. The molecule has 2 aromatic carbocycles. The second kappa shape index (κ2) is 8.97. The van der Waals surface area contributed by atoms with E-state index in [1.54, 1.807) is 29.1 Å². The Morgan fingerprint density at radius 3 is 2.61 bits per heavy atom. The number of fused-ring (bicyclic) bond motifs is 1. The van der Waals surface area contributed by atoms with E-state index in [1.807, 2.05) is 6.20 Å². The maximum absolute atomic E-state index is 13.2. The predicted octanol–water partition coefficient (Wildman–Crippen LogP) is 4.07. The monoisotopic (exact) mass is 520 g/mol. The lowest BCUT2D eigenvalue weighted by Crippen LogP contribution is -2.43. The third kappa shape index (κ3) is 4.65. The Morgan fingerprint density at radius 1 is 1.17 bits per heavy atom. The van der Waals surface area contributed by atoms with Gasteiger partial charge in [0.15, 0.2) is 11.4 Å². The second-order valence-electron chi connectivity index (χ2n) is 8.33. The molecule has 1 N–H and O–H groups in total. The van der Waals surface area contributed by atoms with Crippen molar-refractivity contribution < 1.29 is 35.9 Å². The van der Waals surface area contributed by atoms with Gasteiger partial charge in [0.25, 0.3) is 15.9 Å². The van der Waals surface area contributed by atoms with Gasteiger partial charge in [-0.05, 0) is 35.9 Å². The van der Waals surface area contributed by atoms with Gasteiger partial charge in [-0.1, -0.05) is 5.16 Å². The molecular weight excluding hydrogens is 498 g/mol. The summed E-state index contributed by atoms with van der Waals surface area (Å²) in [6.07, 6.45) is 2.05. The molecule has 0 saturated heterocycles. The van der Waals surface area contributed by atoms with Crippen LogP contribution in [-0.2, 0) is 16.6 Å². The number of nitrogens with one attached hydrogen (secondary N) is 1. The van der Waals surface area contributed by atoms with Crippen molar-refractivity contribution in [3.05, 3.63) is 54.4 Å². The van der Waals surface area contributed by atoms with Gasteiger partial charge in [0.05, 0.1) is 20.8 Å². The number of ether oxygens (including phenoxy) is 3. The van der Waals surface area contributed by atoms with Crippen molar-refractivity contribution in [2.45, 2.75) is 36.3 Å². The van der Waals surface area contributed by atoms with E-state index in [1.165, 1.54) is 32.4 Å². The fourth-order valence-corrected chi connectivity index (χ4v) is 5.16. The van der Waals surface area contributed by atoms with Crippen LogP contribution in [0.1, 0.15) is 18.4 Å². The lowest BCUT2D eigenvalue weighted by Gasteiger charge is -2.34. The summed E-state index contributed by atoms with van der Waals surface area (Å²) in [5.41, 5.74) is 1.14. The van der Waals surface area contributed by atoms with Crippen LogP contribution in [0.3, 0.4) is 0 Å². The SMILES string of the molecule is COc1cc(OC2CC(F)(F)C2)ccc1S(=O)(=O)Nc1noc2cc(Cn3cccn3)cc(OC)c12. The molecule has 190 valence electrons. The summed E-state index contributed by atoms with van der Waals surface area (Å²) in [5, 5.41) is 8.41. The quantitative estimate of drug-likeness (QED) is 0.351. The molecule has 2 aromatic heterocycles. The second-order valence-corrected chi connectivity index (χ2v) is 9.98. The maximum Gasteiger partial charge on any atom is 0.266 e. The first-order chi connectivity index (χ1) is 17.2. The van der Waals surface area contributed by atoms with Crippen LogP contribution in [0.2, 0.25) is 0 Å². The van der Waals surface area contributed by atoms with Gasteiger partial charge >= 0.3 is 0 Å². The van der Waals surface area contributed by atoms with Gasteiger partial charge in [0.2, 0.25) is 0 Å². The zero-order valence-electron chi connectivity index (χ0n) is 19.3. The fourth-order valence-electron chi connectivity index (χ4n) is 4.00. The minimum atomic E-state index is -4.19. The molecule has 5 rings (SSSR count). The number of alkyl halides is 2. The van der Waals surface area contributed by atoms with Crippen molar-refractivity contribution in [2.75, 3.05) is 18.9 Å². The van der Waals surface area contributed by atoms with Crippen LogP contribution in [0.5, 0.6) is 17.2 Å². The predicted molar refractivity (Wildman–Crippen MR) is 124 cm³/mol. The van der Waals surface area contributed by atoms with E-state index >= 15 is 0 Å². The van der Waals surface area contributed by atoms with Gasteiger partial charge in [-0.3, -0.25) is 9.40 Å². The number of halogens is 2. The molecule has 0 radical (unpaired) electrons.